The second-order valence-electron chi connectivity index (χ2n) is 6.58. The van der Waals surface area contributed by atoms with Gasteiger partial charge in [-0.05, 0) is 61.0 Å². The van der Waals surface area contributed by atoms with Crippen LogP contribution in [0.5, 0.6) is 0 Å². The summed E-state index contributed by atoms with van der Waals surface area (Å²) in [6, 6.07) is 8.65. The number of halogens is 3. The van der Waals surface area contributed by atoms with Crippen molar-refractivity contribution in [3.05, 3.63) is 64.2 Å². The van der Waals surface area contributed by atoms with Crippen molar-refractivity contribution in [3.63, 3.8) is 0 Å². The SMILES string of the molecule is CCN(CC)Cc1ccc(C(=O)Nc2ccc(C)c(CO)c2)cc1C(F)(F)F. The van der Waals surface area contributed by atoms with Gasteiger partial charge in [-0.3, -0.25) is 9.69 Å². The number of aliphatic hydroxyl groups is 1. The van der Waals surface area contributed by atoms with Gasteiger partial charge >= 0.3 is 6.18 Å². The third kappa shape index (κ3) is 5.33. The highest BCUT2D eigenvalue weighted by atomic mass is 19.4. The Hall–Kier alpha value is -2.38. The van der Waals surface area contributed by atoms with Gasteiger partial charge in [0.1, 0.15) is 0 Å². The van der Waals surface area contributed by atoms with Gasteiger partial charge in [0.05, 0.1) is 12.2 Å². The minimum absolute atomic E-state index is 0.0678. The van der Waals surface area contributed by atoms with E-state index in [-0.39, 0.29) is 24.3 Å². The number of anilines is 1. The summed E-state index contributed by atoms with van der Waals surface area (Å²) in [5.41, 5.74) is 1.20. The normalized spacial score (nSPS) is 11.7. The highest BCUT2D eigenvalue weighted by Gasteiger charge is 2.34. The first-order valence-corrected chi connectivity index (χ1v) is 9.13. The smallest absolute Gasteiger partial charge is 0.392 e. The number of hydrogen-bond acceptors (Lipinski definition) is 3. The van der Waals surface area contributed by atoms with Crippen LogP contribution in [0.3, 0.4) is 0 Å². The average Bonchev–Trinajstić information content (AvgIpc) is 2.66. The van der Waals surface area contributed by atoms with Gasteiger partial charge in [0.15, 0.2) is 0 Å². The third-order valence-corrected chi connectivity index (χ3v) is 4.74. The molecule has 0 heterocycles. The standard InChI is InChI=1S/C21H25F3N2O2/c1-4-26(5-2)12-16-8-7-15(11-19(16)21(22,23)24)20(28)25-18-9-6-14(3)17(10-18)13-27/h6-11,27H,4-5,12-13H2,1-3H3,(H,25,28). The molecule has 1 amide bonds. The van der Waals surface area contributed by atoms with Crippen molar-refractivity contribution < 1.29 is 23.1 Å². The van der Waals surface area contributed by atoms with Crippen LogP contribution in [0.2, 0.25) is 0 Å². The first-order chi connectivity index (χ1) is 13.2. The summed E-state index contributed by atoms with van der Waals surface area (Å²) in [5.74, 6) is -0.632. The van der Waals surface area contributed by atoms with Gasteiger partial charge in [-0.2, -0.15) is 13.2 Å². The van der Waals surface area contributed by atoms with Gasteiger partial charge in [0.2, 0.25) is 0 Å². The van der Waals surface area contributed by atoms with Gasteiger partial charge in [-0.1, -0.05) is 26.0 Å². The first-order valence-electron chi connectivity index (χ1n) is 9.13. The van der Waals surface area contributed by atoms with Crippen LogP contribution < -0.4 is 5.32 Å². The highest BCUT2D eigenvalue weighted by Crippen LogP contribution is 2.33. The maximum atomic E-state index is 13.5. The van der Waals surface area contributed by atoms with E-state index < -0.39 is 17.6 Å². The number of aliphatic hydroxyl groups excluding tert-OH is 1. The maximum Gasteiger partial charge on any atom is 0.416 e. The number of hydrogen-bond donors (Lipinski definition) is 2. The molecule has 28 heavy (non-hydrogen) atoms. The summed E-state index contributed by atoms with van der Waals surface area (Å²) in [6.45, 7) is 6.85. The summed E-state index contributed by atoms with van der Waals surface area (Å²) in [5, 5.41) is 11.9. The molecule has 0 radical (unpaired) electrons. The number of rotatable bonds is 7. The summed E-state index contributed by atoms with van der Waals surface area (Å²) < 4.78 is 40.6. The molecule has 152 valence electrons. The van der Waals surface area contributed by atoms with Crippen LogP contribution in [0.25, 0.3) is 0 Å². The lowest BCUT2D eigenvalue weighted by atomic mass is 10.0. The predicted octanol–water partition coefficient (Wildman–Crippen LogP) is 4.60. The van der Waals surface area contributed by atoms with E-state index in [2.05, 4.69) is 5.32 Å². The van der Waals surface area contributed by atoms with E-state index in [1.807, 2.05) is 25.7 Å². The minimum Gasteiger partial charge on any atom is -0.392 e. The van der Waals surface area contributed by atoms with Crippen molar-refractivity contribution in [2.75, 3.05) is 18.4 Å². The zero-order valence-electron chi connectivity index (χ0n) is 16.2. The highest BCUT2D eigenvalue weighted by molar-refractivity contribution is 6.04. The monoisotopic (exact) mass is 394 g/mol. The van der Waals surface area contributed by atoms with Crippen molar-refractivity contribution in [1.29, 1.82) is 0 Å². The topological polar surface area (TPSA) is 52.6 Å². The predicted molar refractivity (Wildman–Crippen MR) is 103 cm³/mol. The van der Waals surface area contributed by atoms with Gasteiger partial charge in [0, 0.05) is 17.8 Å². The third-order valence-electron chi connectivity index (χ3n) is 4.74. The molecule has 0 unspecified atom stereocenters. The Morgan fingerprint density at radius 1 is 1.07 bits per heavy atom. The molecule has 0 saturated heterocycles. The zero-order chi connectivity index (χ0) is 20.9. The number of amides is 1. The fourth-order valence-corrected chi connectivity index (χ4v) is 2.93. The fourth-order valence-electron chi connectivity index (χ4n) is 2.93. The molecule has 0 aliphatic rings. The lowest BCUT2D eigenvalue weighted by Gasteiger charge is -2.21. The molecule has 0 aromatic heterocycles. The van der Waals surface area contributed by atoms with Gasteiger partial charge < -0.3 is 10.4 Å². The number of nitrogens with one attached hydrogen (secondary N) is 1. The quantitative estimate of drug-likeness (QED) is 0.722. The van der Waals surface area contributed by atoms with Crippen LogP contribution in [0.15, 0.2) is 36.4 Å². The second kappa shape index (κ2) is 9.21. The van der Waals surface area contributed by atoms with Crippen molar-refractivity contribution in [2.24, 2.45) is 0 Å². The lowest BCUT2D eigenvalue weighted by molar-refractivity contribution is -0.138. The number of aryl methyl sites for hydroxylation is 1. The molecular weight excluding hydrogens is 369 g/mol. The molecule has 0 bridgehead atoms. The number of benzene rings is 2. The van der Waals surface area contributed by atoms with Crippen LogP contribution in [-0.4, -0.2) is 29.0 Å². The van der Waals surface area contributed by atoms with E-state index in [1.165, 1.54) is 12.1 Å². The summed E-state index contributed by atoms with van der Waals surface area (Å²) in [6.07, 6.45) is -4.55. The molecule has 2 rings (SSSR count). The van der Waals surface area contributed by atoms with E-state index in [0.717, 1.165) is 11.6 Å². The number of carbonyl (C=O) groups is 1. The number of carbonyl (C=O) groups excluding carboxylic acids is 1. The molecule has 2 N–H and O–H groups in total. The second-order valence-corrected chi connectivity index (χ2v) is 6.58. The zero-order valence-corrected chi connectivity index (χ0v) is 16.2. The average molecular weight is 394 g/mol. The van der Waals surface area contributed by atoms with Gasteiger partial charge in [0.25, 0.3) is 5.91 Å². The molecule has 0 atom stereocenters. The van der Waals surface area contributed by atoms with Gasteiger partial charge in [-0.25, -0.2) is 0 Å². The van der Waals surface area contributed by atoms with E-state index in [0.29, 0.717) is 24.3 Å². The van der Waals surface area contributed by atoms with Crippen molar-refractivity contribution in [2.45, 2.75) is 40.1 Å². The van der Waals surface area contributed by atoms with Crippen LogP contribution in [0, 0.1) is 6.92 Å². The Labute approximate surface area is 163 Å². The molecule has 2 aromatic rings. The molecule has 2 aromatic carbocycles. The number of nitrogens with zero attached hydrogens (tertiary/aromatic N) is 1. The van der Waals surface area contributed by atoms with Gasteiger partial charge in [-0.15, -0.1) is 0 Å². The Bertz CT molecular complexity index is 831. The molecule has 0 aliphatic carbocycles. The Morgan fingerprint density at radius 2 is 1.75 bits per heavy atom. The van der Waals surface area contributed by atoms with E-state index in [9.17, 15) is 23.1 Å². The van der Waals surface area contributed by atoms with Crippen LogP contribution in [0.4, 0.5) is 18.9 Å². The van der Waals surface area contributed by atoms with E-state index in [4.69, 9.17) is 0 Å². The van der Waals surface area contributed by atoms with E-state index in [1.54, 1.807) is 18.2 Å². The Balaban J connectivity index is 2.31. The summed E-state index contributed by atoms with van der Waals surface area (Å²) in [4.78, 5) is 14.4. The van der Waals surface area contributed by atoms with Crippen molar-refractivity contribution in [1.82, 2.24) is 4.90 Å². The first kappa shape index (κ1) is 21.9. The molecular formula is C21H25F3N2O2. The maximum absolute atomic E-state index is 13.5. The lowest BCUT2D eigenvalue weighted by Crippen LogP contribution is -2.24. The van der Waals surface area contributed by atoms with Crippen molar-refractivity contribution >= 4 is 11.6 Å². The fraction of sp³-hybridized carbons (Fsp3) is 0.381. The minimum atomic E-state index is -4.55. The molecule has 7 heteroatoms. The molecule has 0 spiro atoms. The van der Waals surface area contributed by atoms with Crippen LogP contribution in [-0.2, 0) is 19.3 Å². The summed E-state index contributed by atoms with van der Waals surface area (Å²) >= 11 is 0. The molecule has 0 fully saturated rings. The molecule has 0 aliphatic heterocycles. The van der Waals surface area contributed by atoms with Crippen molar-refractivity contribution in [3.8, 4) is 0 Å². The van der Waals surface area contributed by atoms with Crippen LogP contribution in [0.1, 0.15) is 46.5 Å². The largest absolute Gasteiger partial charge is 0.416 e. The Morgan fingerprint density at radius 3 is 2.32 bits per heavy atom. The number of alkyl halides is 3. The molecule has 0 saturated carbocycles. The molecule has 4 nitrogen and oxygen atoms in total. The van der Waals surface area contributed by atoms with Crippen LogP contribution >= 0.6 is 0 Å². The Kier molecular flexibility index (Phi) is 7.21. The van der Waals surface area contributed by atoms with E-state index >= 15 is 0 Å². The summed E-state index contributed by atoms with van der Waals surface area (Å²) in [7, 11) is 0.